The van der Waals surface area contributed by atoms with E-state index in [1.165, 1.54) is 6.33 Å². The summed E-state index contributed by atoms with van der Waals surface area (Å²) >= 11 is 12.9. The number of aliphatic hydroxyl groups excluding tert-OH is 1. The van der Waals surface area contributed by atoms with Crippen LogP contribution in [0.1, 0.15) is 48.5 Å². The lowest BCUT2D eigenvalue weighted by Gasteiger charge is -2.29. The van der Waals surface area contributed by atoms with Gasteiger partial charge in [-0.15, -0.1) is 0 Å². The smallest absolute Gasteiger partial charge is 0.261 e. The minimum absolute atomic E-state index is 0.196. The van der Waals surface area contributed by atoms with Crippen molar-refractivity contribution >= 4 is 34.1 Å². The van der Waals surface area contributed by atoms with Crippen molar-refractivity contribution in [1.29, 1.82) is 0 Å². The summed E-state index contributed by atoms with van der Waals surface area (Å²) in [5.74, 6) is 0. The minimum atomic E-state index is -0.536. The third kappa shape index (κ3) is 3.54. The molecule has 0 unspecified atom stereocenters. The van der Waals surface area contributed by atoms with Gasteiger partial charge >= 0.3 is 0 Å². The number of benzene rings is 1. The first-order chi connectivity index (χ1) is 13.5. The van der Waals surface area contributed by atoms with Crippen molar-refractivity contribution in [3.05, 3.63) is 67.9 Å². The highest BCUT2D eigenvalue weighted by Crippen LogP contribution is 2.34. The number of fused-ring (bicyclic) bond motifs is 1. The molecule has 7 heteroatoms. The maximum Gasteiger partial charge on any atom is 0.261 e. The van der Waals surface area contributed by atoms with Crippen LogP contribution in [0.2, 0.25) is 10.0 Å². The Kier molecular flexibility index (Phi) is 5.41. The van der Waals surface area contributed by atoms with Gasteiger partial charge in [-0.25, -0.2) is 4.98 Å². The van der Waals surface area contributed by atoms with Crippen LogP contribution in [0.25, 0.3) is 10.9 Å². The zero-order valence-corrected chi connectivity index (χ0v) is 17.0. The maximum atomic E-state index is 13.2. The number of halogens is 2. The van der Waals surface area contributed by atoms with Crippen molar-refractivity contribution in [1.82, 2.24) is 14.5 Å². The molecule has 0 aliphatic heterocycles. The number of aliphatic hydroxyl groups is 1. The summed E-state index contributed by atoms with van der Waals surface area (Å²) in [5.41, 5.74) is 2.87. The lowest BCUT2D eigenvalue weighted by atomic mass is 9.92. The van der Waals surface area contributed by atoms with Gasteiger partial charge in [-0.2, -0.15) is 0 Å². The van der Waals surface area contributed by atoms with E-state index in [2.05, 4.69) is 9.97 Å². The number of hydrogen-bond donors (Lipinski definition) is 1. The summed E-state index contributed by atoms with van der Waals surface area (Å²) < 4.78 is 1.55. The number of aromatic nitrogens is 3. The Bertz CT molecular complexity index is 1080. The van der Waals surface area contributed by atoms with Gasteiger partial charge in [-0.3, -0.25) is 14.3 Å². The summed E-state index contributed by atoms with van der Waals surface area (Å²) in [7, 11) is 0. The second kappa shape index (κ2) is 7.82. The predicted octanol–water partition coefficient (Wildman–Crippen LogP) is 4.47. The lowest BCUT2D eigenvalue weighted by Crippen LogP contribution is -2.34. The molecule has 4 rings (SSSR count). The first kappa shape index (κ1) is 19.4. The Hall–Kier alpha value is -1.95. The quantitative estimate of drug-likeness (QED) is 0.682. The van der Waals surface area contributed by atoms with E-state index in [1.54, 1.807) is 16.8 Å². The predicted molar refractivity (Wildman–Crippen MR) is 111 cm³/mol. The van der Waals surface area contributed by atoms with Crippen LogP contribution < -0.4 is 5.56 Å². The third-order valence-electron chi connectivity index (χ3n) is 5.45. The molecular formula is C21H21Cl2N3O2. The molecule has 0 amide bonds. The molecule has 1 aromatic carbocycles. The van der Waals surface area contributed by atoms with Crippen molar-refractivity contribution in [2.24, 2.45) is 0 Å². The Labute approximate surface area is 173 Å². The van der Waals surface area contributed by atoms with Crippen LogP contribution in [0.15, 0.2) is 35.5 Å². The highest BCUT2D eigenvalue weighted by atomic mass is 35.5. The maximum absolute atomic E-state index is 13.2. The number of pyridine rings is 1. The zero-order valence-electron chi connectivity index (χ0n) is 15.5. The molecule has 1 aliphatic rings. The number of nitrogens with zero attached hydrogens (tertiary/aromatic N) is 3. The van der Waals surface area contributed by atoms with E-state index < -0.39 is 6.10 Å². The van der Waals surface area contributed by atoms with E-state index >= 15 is 0 Å². The van der Waals surface area contributed by atoms with Crippen molar-refractivity contribution in [3.8, 4) is 0 Å². The van der Waals surface area contributed by atoms with E-state index in [0.29, 0.717) is 28.8 Å². The fraction of sp³-hybridized carbons (Fsp3) is 0.381. The molecule has 1 N–H and O–H groups in total. The summed E-state index contributed by atoms with van der Waals surface area (Å²) in [4.78, 5) is 21.9. The minimum Gasteiger partial charge on any atom is -0.391 e. The van der Waals surface area contributed by atoms with E-state index in [9.17, 15) is 9.90 Å². The molecule has 1 aliphatic carbocycles. The topological polar surface area (TPSA) is 68.0 Å². The fourth-order valence-corrected chi connectivity index (χ4v) is 4.36. The summed E-state index contributed by atoms with van der Waals surface area (Å²) in [6, 6.07) is 5.43. The SMILES string of the molecule is Cc1ccc(Cc2cc3c(=O)n([C@H]4CCCC[C@@H]4O)cnc3c(Cl)c2Cl)cn1. The van der Waals surface area contributed by atoms with Crippen LogP contribution in [0.4, 0.5) is 0 Å². The van der Waals surface area contributed by atoms with Crippen LogP contribution >= 0.6 is 23.2 Å². The number of rotatable bonds is 3. The van der Waals surface area contributed by atoms with Gasteiger partial charge in [0, 0.05) is 18.3 Å². The highest BCUT2D eigenvalue weighted by molar-refractivity contribution is 6.45. The highest BCUT2D eigenvalue weighted by Gasteiger charge is 2.26. The van der Waals surface area contributed by atoms with Crippen molar-refractivity contribution in [2.45, 2.75) is 51.2 Å². The van der Waals surface area contributed by atoms with Crippen LogP contribution in [0, 0.1) is 6.92 Å². The first-order valence-corrected chi connectivity index (χ1v) is 10.2. The third-order valence-corrected chi connectivity index (χ3v) is 6.35. The van der Waals surface area contributed by atoms with Crippen LogP contribution in [0.3, 0.4) is 0 Å². The van der Waals surface area contributed by atoms with E-state index in [-0.39, 0.29) is 16.6 Å². The summed E-state index contributed by atoms with van der Waals surface area (Å²) in [5, 5.41) is 11.4. The molecule has 2 heterocycles. The van der Waals surface area contributed by atoms with Gasteiger partial charge in [0.25, 0.3) is 5.56 Å². The molecule has 0 spiro atoms. The molecule has 1 saturated carbocycles. The number of hydrogen-bond acceptors (Lipinski definition) is 4. The van der Waals surface area contributed by atoms with E-state index in [1.807, 2.05) is 19.1 Å². The largest absolute Gasteiger partial charge is 0.391 e. The second-order valence-electron chi connectivity index (χ2n) is 7.42. The molecule has 0 saturated heterocycles. The molecule has 0 radical (unpaired) electrons. The molecule has 2 atom stereocenters. The average Bonchev–Trinajstić information content (AvgIpc) is 2.69. The van der Waals surface area contributed by atoms with Gasteiger partial charge < -0.3 is 5.11 Å². The molecular weight excluding hydrogens is 397 g/mol. The first-order valence-electron chi connectivity index (χ1n) is 9.43. The average molecular weight is 418 g/mol. The van der Waals surface area contributed by atoms with Gasteiger partial charge in [0.15, 0.2) is 0 Å². The fourth-order valence-electron chi connectivity index (χ4n) is 3.87. The van der Waals surface area contributed by atoms with Crippen LogP contribution in [0.5, 0.6) is 0 Å². The van der Waals surface area contributed by atoms with Gasteiger partial charge in [-0.1, -0.05) is 42.1 Å². The van der Waals surface area contributed by atoms with E-state index in [0.717, 1.165) is 36.1 Å². The molecule has 1 fully saturated rings. The van der Waals surface area contributed by atoms with Gasteiger partial charge in [0.2, 0.25) is 0 Å². The Balaban J connectivity index is 1.81. The zero-order chi connectivity index (χ0) is 19.8. The standard InChI is InChI=1S/C21H21Cl2N3O2/c1-12-6-7-13(10-24-12)8-14-9-15-20(19(23)18(14)22)25-11-26(21(15)28)16-4-2-3-5-17(16)27/h6-7,9-11,16-17,27H,2-5,8H2,1H3/t16-,17-/m0/s1. The van der Waals surface area contributed by atoms with Gasteiger partial charge in [0.05, 0.1) is 39.4 Å². The number of aryl methyl sites for hydroxylation is 1. The van der Waals surface area contributed by atoms with Crippen molar-refractivity contribution in [3.63, 3.8) is 0 Å². The molecule has 3 aromatic rings. The Morgan fingerprint density at radius 1 is 1.18 bits per heavy atom. The van der Waals surface area contributed by atoms with Gasteiger partial charge in [-0.05, 0) is 43.0 Å². The summed E-state index contributed by atoms with van der Waals surface area (Å²) in [6.45, 7) is 1.93. The lowest BCUT2D eigenvalue weighted by molar-refractivity contribution is 0.0735. The molecule has 146 valence electrons. The monoisotopic (exact) mass is 417 g/mol. The Morgan fingerprint density at radius 2 is 1.96 bits per heavy atom. The van der Waals surface area contributed by atoms with E-state index in [4.69, 9.17) is 23.2 Å². The van der Waals surface area contributed by atoms with Crippen LogP contribution in [-0.2, 0) is 6.42 Å². The molecule has 2 aromatic heterocycles. The van der Waals surface area contributed by atoms with Crippen LogP contribution in [-0.4, -0.2) is 25.7 Å². The molecule has 0 bridgehead atoms. The molecule has 5 nitrogen and oxygen atoms in total. The normalized spacial score (nSPS) is 19.9. The second-order valence-corrected chi connectivity index (χ2v) is 8.18. The summed E-state index contributed by atoms with van der Waals surface area (Å²) in [6.07, 6.45) is 6.68. The van der Waals surface area contributed by atoms with Crippen molar-refractivity contribution < 1.29 is 5.11 Å². The van der Waals surface area contributed by atoms with Gasteiger partial charge in [0.1, 0.15) is 0 Å². The Morgan fingerprint density at radius 3 is 2.68 bits per heavy atom. The van der Waals surface area contributed by atoms with Crippen molar-refractivity contribution in [2.75, 3.05) is 0 Å². The molecule has 28 heavy (non-hydrogen) atoms.